The van der Waals surface area contributed by atoms with E-state index >= 15 is 0 Å². The van der Waals surface area contributed by atoms with E-state index in [1.54, 1.807) is 4.90 Å². The Morgan fingerprint density at radius 3 is 2.03 bits per heavy atom. The van der Waals surface area contributed by atoms with Crippen molar-refractivity contribution >= 4 is 23.4 Å². The third-order valence-electron chi connectivity index (χ3n) is 6.04. The second-order valence-corrected chi connectivity index (χ2v) is 8.25. The van der Waals surface area contributed by atoms with E-state index < -0.39 is 11.8 Å². The van der Waals surface area contributed by atoms with Gasteiger partial charge in [0, 0.05) is 59.4 Å². The van der Waals surface area contributed by atoms with E-state index in [4.69, 9.17) is 0 Å². The van der Waals surface area contributed by atoms with Gasteiger partial charge in [-0.25, -0.2) is 0 Å². The topological polar surface area (TPSA) is 76.2 Å². The van der Waals surface area contributed by atoms with Crippen LogP contribution in [0.4, 0.5) is 5.69 Å². The predicted octanol–water partition coefficient (Wildman–Crippen LogP) is 0.696. The highest BCUT2D eigenvalue weighted by atomic mass is 16.2. The summed E-state index contributed by atoms with van der Waals surface area (Å²) in [6, 6.07) is 8.43. The van der Waals surface area contributed by atoms with Crippen molar-refractivity contribution in [3.05, 3.63) is 29.8 Å². The van der Waals surface area contributed by atoms with Gasteiger partial charge < -0.3 is 20.0 Å². The highest BCUT2D eigenvalue weighted by molar-refractivity contribution is 6.35. The average Bonchev–Trinajstić information content (AvgIpc) is 3.28. The molecule has 164 valence electrons. The summed E-state index contributed by atoms with van der Waals surface area (Å²) in [5.41, 5.74) is 2.27. The second-order valence-electron chi connectivity index (χ2n) is 8.25. The van der Waals surface area contributed by atoms with E-state index in [9.17, 15) is 14.4 Å². The van der Waals surface area contributed by atoms with E-state index in [2.05, 4.69) is 39.4 Å². The van der Waals surface area contributed by atoms with Gasteiger partial charge in [0.15, 0.2) is 0 Å². The molecule has 3 amide bonds. The molecule has 0 spiro atoms. The third kappa shape index (κ3) is 5.30. The standard InChI is InChI=1S/C22H33N5O3/c1-17(28)25-12-14-27(15-13-25)22(30)21(29)23-16-20(26-10-4-5-11-26)18-6-8-19(9-7-18)24(2)3/h6-9,20H,4-5,10-16H2,1-3H3,(H,23,29)/t20-/m0/s1. The molecule has 8 nitrogen and oxygen atoms in total. The number of nitrogens with zero attached hydrogens (tertiary/aromatic N) is 4. The van der Waals surface area contributed by atoms with Gasteiger partial charge >= 0.3 is 11.8 Å². The molecule has 8 heteroatoms. The summed E-state index contributed by atoms with van der Waals surface area (Å²) in [7, 11) is 4.02. The molecule has 30 heavy (non-hydrogen) atoms. The lowest BCUT2D eigenvalue weighted by Gasteiger charge is -2.34. The summed E-state index contributed by atoms with van der Waals surface area (Å²) in [4.78, 5) is 44.2. The summed E-state index contributed by atoms with van der Waals surface area (Å²) >= 11 is 0. The summed E-state index contributed by atoms with van der Waals surface area (Å²) in [5.74, 6) is -1.08. The first-order valence-corrected chi connectivity index (χ1v) is 10.7. The van der Waals surface area contributed by atoms with Crippen LogP contribution in [-0.4, -0.2) is 92.3 Å². The first kappa shape index (κ1) is 22.1. The number of likely N-dealkylation sites (tertiary alicyclic amines) is 1. The number of carbonyl (C=O) groups excluding carboxylic acids is 3. The van der Waals surface area contributed by atoms with Crippen LogP contribution in [0, 0.1) is 0 Å². The van der Waals surface area contributed by atoms with Gasteiger partial charge in [-0.15, -0.1) is 0 Å². The second kappa shape index (κ2) is 9.93. The number of rotatable bonds is 5. The molecular formula is C22H33N5O3. The van der Waals surface area contributed by atoms with E-state index in [1.807, 2.05) is 14.1 Å². The molecule has 2 aliphatic rings. The van der Waals surface area contributed by atoms with Crippen molar-refractivity contribution in [2.24, 2.45) is 0 Å². The van der Waals surface area contributed by atoms with Crippen LogP contribution in [0.5, 0.6) is 0 Å². The zero-order valence-corrected chi connectivity index (χ0v) is 18.3. The lowest BCUT2D eigenvalue weighted by Crippen LogP contribution is -2.54. The summed E-state index contributed by atoms with van der Waals surface area (Å²) in [5, 5.41) is 2.86. The number of benzene rings is 1. The quantitative estimate of drug-likeness (QED) is 0.717. The van der Waals surface area contributed by atoms with Crippen LogP contribution < -0.4 is 10.2 Å². The van der Waals surface area contributed by atoms with Gasteiger partial charge in [-0.3, -0.25) is 19.3 Å². The smallest absolute Gasteiger partial charge is 0.312 e. The van der Waals surface area contributed by atoms with Crippen molar-refractivity contribution in [2.75, 3.05) is 64.8 Å². The summed E-state index contributed by atoms with van der Waals surface area (Å²) in [6.45, 7) is 5.66. The SMILES string of the molecule is CC(=O)N1CCN(C(=O)C(=O)NC[C@@H](c2ccc(N(C)C)cc2)N2CCCC2)CC1. The van der Waals surface area contributed by atoms with Gasteiger partial charge in [0.25, 0.3) is 0 Å². The Hall–Kier alpha value is -2.61. The Labute approximate surface area is 178 Å². The van der Waals surface area contributed by atoms with Gasteiger partial charge in [0.1, 0.15) is 0 Å². The molecule has 2 aliphatic heterocycles. The number of nitrogens with one attached hydrogen (secondary N) is 1. The molecule has 1 aromatic carbocycles. The highest BCUT2D eigenvalue weighted by Crippen LogP contribution is 2.26. The molecule has 2 heterocycles. The molecule has 0 saturated carbocycles. The number of hydrogen-bond donors (Lipinski definition) is 1. The van der Waals surface area contributed by atoms with Crippen molar-refractivity contribution < 1.29 is 14.4 Å². The zero-order valence-electron chi connectivity index (χ0n) is 18.3. The first-order valence-electron chi connectivity index (χ1n) is 10.7. The Morgan fingerprint density at radius 2 is 1.50 bits per heavy atom. The number of anilines is 1. The minimum Gasteiger partial charge on any atom is -0.378 e. The van der Waals surface area contributed by atoms with Gasteiger partial charge in [-0.1, -0.05) is 12.1 Å². The molecule has 0 aromatic heterocycles. The normalized spacial score (nSPS) is 18.2. The van der Waals surface area contributed by atoms with E-state index in [0.29, 0.717) is 32.7 Å². The van der Waals surface area contributed by atoms with Crippen LogP contribution in [0.2, 0.25) is 0 Å². The molecule has 0 unspecified atom stereocenters. The molecule has 3 rings (SSSR count). The molecule has 1 N–H and O–H groups in total. The van der Waals surface area contributed by atoms with Crippen LogP contribution in [-0.2, 0) is 14.4 Å². The lowest BCUT2D eigenvalue weighted by atomic mass is 10.0. The number of carbonyl (C=O) groups is 3. The lowest BCUT2D eigenvalue weighted by molar-refractivity contribution is -0.148. The van der Waals surface area contributed by atoms with Crippen molar-refractivity contribution in [3.63, 3.8) is 0 Å². The zero-order chi connectivity index (χ0) is 21.7. The van der Waals surface area contributed by atoms with E-state index in [0.717, 1.165) is 37.2 Å². The molecule has 2 saturated heterocycles. The maximum Gasteiger partial charge on any atom is 0.312 e. The van der Waals surface area contributed by atoms with E-state index in [1.165, 1.54) is 11.8 Å². The molecule has 1 atom stereocenters. The van der Waals surface area contributed by atoms with Crippen molar-refractivity contribution in [2.45, 2.75) is 25.8 Å². The van der Waals surface area contributed by atoms with Gasteiger partial charge in [0.05, 0.1) is 6.04 Å². The average molecular weight is 416 g/mol. The van der Waals surface area contributed by atoms with Crippen LogP contribution in [0.15, 0.2) is 24.3 Å². The van der Waals surface area contributed by atoms with Gasteiger partial charge in [-0.2, -0.15) is 0 Å². The fraction of sp³-hybridized carbons (Fsp3) is 0.591. The first-order chi connectivity index (χ1) is 14.4. The molecule has 0 bridgehead atoms. The molecular weight excluding hydrogens is 382 g/mol. The fourth-order valence-corrected chi connectivity index (χ4v) is 4.14. The minimum atomic E-state index is -0.569. The van der Waals surface area contributed by atoms with Crippen molar-refractivity contribution in [3.8, 4) is 0 Å². The monoisotopic (exact) mass is 415 g/mol. The largest absolute Gasteiger partial charge is 0.378 e. The Morgan fingerprint density at radius 1 is 0.933 bits per heavy atom. The predicted molar refractivity (Wildman–Crippen MR) is 116 cm³/mol. The molecule has 1 aromatic rings. The van der Waals surface area contributed by atoms with E-state index in [-0.39, 0.29) is 11.9 Å². The Balaban J connectivity index is 1.60. The van der Waals surface area contributed by atoms with Crippen LogP contribution in [0.1, 0.15) is 31.4 Å². The fourth-order valence-electron chi connectivity index (χ4n) is 4.14. The van der Waals surface area contributed by atoms with Crippen LogP contribution >= 0.6 is 0 Å². The van der Waals surface area contributed by atoms with Gasteiger partial charge in [0.2, 0.25) is 5.91 Å². The Bertz CT molecular complexity index is 751. The molecule has 0 aliphatic carbocycles. The summed E-state index contributed by atoms with van der Waals surface area (Å²) < 4.78 is 0. The maximum atomic E-state index is 12.6. The summed E-state index contributed by atoms with van der Waals surface area (Å²) in [6.07, 6.45) is 2.30. The third-order valence-corrected chi connectivity index (χ3v) is 6.04. The Kier molecular flexibility index (Phi) is 7.31. The highest BCUT2D eigenvalue weighted by Gasteiger charge is 2.29. The maximum absolute atomic E-state index is 12.6. The van der Waals surface area contributed by atoms with Crippen molar-refractivity contribution in [1.82, 2.24) is 20.0 Å². The number of piperazine rings is 1. The van der Waals surface area contributed by atoms with Crippen LogP contribution in [0.25, 0.3) is 0 Å². The minimum absolute atomic E-state index is 0.000269. The number of amides is 3. The van der Waals surface area contributed by atoms with Crippen LogP contribution in [0.3, 0.4) is 0 Å². The van der Waals surface area contributed by atoms with Crippen molar-refractivity contribution in [1.29, 1.82) is 0 Å². The number of hydrogen-bond acceptors (Lipinski definition) is 5. The van der Waals surface area contributed by atoms with Gasteiger partial charge in [-0.05, 0) is 43.6 Å². The molecule has 0 radical (unpaired) electrons. The molecule has 2 fully saturated rings.